The maximum atomic E-state index is 11.8. The SMILES string of the molecule is CN=C(NCCCCn1c(C)cccc1=O)NCc1ccccc1OC. The Morgan fingerprint density at radius 3 is 2.65 bits per heavy atom. The molecule has 0 fully saturated rings. The molecule has 0 unspecified atom stereocenters. The first-order chi connectivity index (χ1) is 12.7. The summed E-state index contributed by atoms with van der Waals surface area (Å²) in [6.45, 7) is 4.14. The van der Waals surface area contributed by atoms with Gasteiger partial charge < -0.3 is 19.9 Å². The number of hydrogen-bond donors (Lipinski definition) is 2. The molecule has 140 valence electrons. The van der Waals surface area contributed by atoms with Crippen LogP contribution >= 0.6 is 0 Å². The first kappa shape index (κ1) is 19.6. The molecule has 0 radical (unpaired) electrons. The lowest BCUT2D eigenvalue weighted by molar-refractivity contribution is 0.409. The van der Waals surface area contributed by atoms with Gasteiger partial charge >= 0.3 is 0 Å². The summed E-state index contributed by atoms with van der Waals surface area (Å²) >= 11 is 0. The Morgan fingerprint density at radius 2 is 1.92 bits per heavy atom. The molecule has 0 aliphatic heterocycles. The van der Waals surface area contributed by atoms with Crippen LogP contribution in [-0.4, -0.2) is 31.2 Å². The number of unbranched alkanes of at least 4 members (excludes halogenated alkanes) is 1. The molecule has 6 heteroatoms. The number of nitrogens with one attached hydrogen (secondary N) is 2. The summed E-state index contributed by atoms with van der Waals surface area (Å²) in [5, 5.41) is 6.59. The highest BCUT2D eigenvalue weighted by molar-refractivity contribution is 5.79. The fraction of sp³-hybridized carbons (Fsp3) is 0.400. The predicted octanol–water partition coefficient (Wildman–Crippen LogP) is 2.31. The number of benzene rings is 1. The van der Waals surface area contributed by atoms with Crippen LogP contribution in [0, 0.1) is 6.92 Å². The fourth-order valence-corrected chi connectivity index (χ4v) is 2.76. The minimum Gasteiger partial charge on any atom is -0.496 e. The summed E-state index contributed by atoms with van der Waals surface area (Å²) in [5.74, 6) is 1.61. The summed E-state index contributed by atoms with van der Waals surface area (Å²) in [6, 6.07) is 13.3. The van der Waals surface area contributed by atoms with E-state index in [0.29, 0.717) is 6.54 Å². The molecule has 26 heavy (non-hydrogen) atoms. The lowest BCUT2D eigenvalue weighted by Crippen LogP contribution is -2.37. The maximum Gasteiger partial charge on any atom is 0.250 e. The summed E-state index contributed by atoms with van der Waals surface area (Å²) in [5.41, 5.74) is 2.14. The van der Waals surface area contributed by atoms with Crippen LogP contribution < -0.4 is 20.9 Å². The van der Waals surface area contributed by atoms with Gasteiger partial charge in [-0.25, -0.2) is 0 Å². The van der Waals surface area contributed by atoms with Gasteiger partial charge in [0.05, 0.1) is 7.11 Å². The summed E-state index contributed by atoms with van der Waals surface area (Å²) in [6.07, 6.45) is 1.89. The number of hydrogen-bond acceptors (Lipinski definition) is 3. The molecule has 0 spiro atoms. The van der Waals surface area contributed by atoms with E-state index >= 15 is 0 Å². The van der Waals surface area contributed by atoms with E-state index in [9.17, 15) is 4.79 Å². The quantitative estimate of drug-likeness (QED) is 0.433. The number of guanidine groups is 1. The van der Waals surface area contributed by atoms with Gasteiger partial charge in [0, 0.05) is 44.0 Å². The third-order valence-electron chi connectivity index (χ3n) is 4.23. The van der Waals surface area contributed by atoms with Crippen molar-refractivity contribution in [2.75, 3.05) is 20.7 Å². The van der Waals surface area contributed by atoms with E-state index < -0.39 is 0 Å². The van der Waals surface area contributed by atoms with E-state index in [1.807, 2.05) is 41.8 Å². The van der Waals surface area contributed by atoms with Gasteiger partial charge in [0.2, 0.25) is 0 Å². The van der Waals surface area contributed by atoms with Crippen LogP contribution in [0.5, 0.6) is 5.75 Å². The normalized spacial score (nSPS) is 11.3. The molecule has 6 nitrogen and oxygen atoms in total. The zero-order valence-electron chi connectivity index (χ0n) is 15.8. The van der Waals surface area contributed by atoms with Gasteiger partial charge in [0.25, 0.3) is 5.56 Å². The van der Waals surface area contributed by atoms with Gasteiger partial charge in [-0.1, -0.05) is 24.3 Å². The molecule has 0 aliphatic carbocycles. The molecule has 0 saturated carbocycles. The Morgan fingerprint density at radius 1 is 1.12 bits per heavy atom. The molecule has 1 heterocycles. The largest absolute Gasteiger partial charge is 0.496 e. The van der Waals surface area contributed by atoms with Gasteiger partial charge in [-0.15, -0.1) is 0 Å². The number of aliphatic imine (C=N–C) groups is 1. The van der Waals surface area contributed by atoms with Crippen LogP contribution in [0.2, 0.25) is 0 Å². The van der Waals surface area contributed by atoms with Crippen molar-refractivity contribution >= 4 is 5.96 Å². The van der Waals surface area contributed by atoms with Crippen LogP contribution in [0.1, 0.15) is 24.1 Å². The summed E-state index contributed by atoms with van der Waals surface area (Å²) in [4.78, 5) is 16.1. The second kappa shape index (κ2) is 10.3. The van der Waals surface area contributed by atoms with Crippen molar-refractivity contribution in [3.63, 3.8) is 0 Å². The highest BCUT2D eigenvalue weighted by atomic mass is 16.5. The van der Waals surface area contributed by atoms with E-state index in [-0.39, 0.29) is 5.56 Å². The predicted molar refractivity (Wildman–Crippen MR) is 106 cm³/mol. The third kappa shape index (κ3) is 5.65. The molecule has 0 atom stereocenters. The van der Waals surface area contributed by atoms with E-state index in [2.05, 4.69) is 15.6 Å². The van der Waals surface area contributed by atoms with Gasteiger partial charge in [-0.3, -0.25) is 9.79 Å². The number of methoxy groups -OCH3 is 1. The minimum atomic E-state index is 0.0623. The van der Waals surface area contributed by atoms with Crippen LogP contribution in [0.4, 0.5) is 0 Å². The van der Waals surface area contributed by atoms with E-state index in [1.54, 1.807) is 26.3 Å². The second-order valence-corrected chi connectivity index (χ2v) is 6.03. The zero-order chi connectivity index (χ0) is 18.8. The molecule has 1 aromatic heterocycles. The molecule has 0 aliphatic rings. The van der Waals surface area contributed by atoms with Gasteiger partial charge in [0.1, 0.15) is 5.75 Å². The molecule has 2 aromatic rings. The number of ether oxygens (including phenoxy) is 1. The van der Waals surface area contributed by atoms with Crippen LogP contribution in [0.3, 0.4) is 0 Å². The van der Waals surface area contributed by atoms with Crippen molar-refractivity contribution in [2.45, 2.75) is 32.9 Å². The van der Waals surface area contributed by atoms with Crippen molar-refractivity contribution < 1.29 is 4.74 Å². The molecule has 0 saturated heterocycles. The average molecular weight is 356 g/mol. The molecular formula is C20H28N4O2. The smallest absolute Gasteiger partial charge is 0.250 e. The molecule has 2 rings (SSSR count). The topological polar surface area (TPSA) is 67.7 Å². The van der Waals surface area contributed by atoms with Crippen LogP contribution in [0.25, 0.3) is 0 Å². The van der Waals surface area contributed by atoms with E-state index in [4.69, 9.17) is 4.74 Å². The maximum absolute atomic E-state index is 11.8. The standard InChI is InChI=1S/C20H28N4O2/c1-16-9-8-12-19(25)24(16)14-7-6-13-22-20(21-2)23-15-17-10-4-5-11-18(17)26-3/h4-5,8-12H,6-7,13-15H2,1-3H3,(H2,21,22,23). The molecule has 2 N–H and O–H groups in total. The number of para-hydroxylation sites is 1. The van der Waals surface area contributed by atoms with E-state index in [0.717, 1.165) is 48.9 Å². The highest BCUT2D eigenvalue weighted by Gasteiger charge is 2.03. The lowest BCUT2D eigenvalue weighted by atomic mass is 10.2. The van der Waals surface area contributed by atoms with Gasteiger partial charge in [-0.05, 0) is 31.9 Å². The van der Waals surface area contributed by atoms with Crippen molar-refractivity contribution in [2.24, 2.45) is 4.99 Å². The van der Waals surface area contributed by atoms with E-state index in [1.165, 1.54) is 0 Å². The summed E-state index contributed by atoms with van der Waals surface area (Å²) in [7, 11) is 3.43. The Hall–Kier alpha value is -2.76. The fourth-order valence-electron chi connectivity index (χ4n) is 2.76. The molecule has 0 bridgehead atoms. The van der Waals surface area contributed by atoms with Gasteiger partial charge in [-0.2, -0.15) is 0 Å². The Bertz CT molecular complexity index is 783. The number of aryl methyl sites for hydroxylation is 1. The molecule has 1 aromatic carbocycles. The first-order valence-corrected chi connectivity index (χ1v) is 8.88. The average Bonchev–Trinajstić information content (AvgIpc) is 2.66. The number of nitrogens with zero attached hydrogens (tertiary/aromatic N) is 2. The van der Waals surface area contributed by atoms with Crippen LogP contribution in [-0.2, 0) is 13.1 Å². The minimum absolute atomic E-state index is 0.0623. The monoisotopic (exact) mass is 356 g/mol. The number of aromatic nitrogens is 1. The van der Waals surface area contributed by atoms with Crippen molar-refractivity contribution in [1.29, 1.82) is 0 Å². The van der Waals surface area contributed by atoms with Gasteiger partial charge in [0.15, 0.2) is 5.96 Å². The second-order valence-electron chi connectivity index (χ2n) is 6.03. The highest BCUT2D eigenvalue weighted by Crippen LogP contribution is 2.16. The lowest BCUT2D eigenvalue weighted by Gasteiger charge is -2.14. The van der Waals surface area contributed by atoms with Crippen LogP contribution in [0.15, 0.2) is 52.3 Å². The Balaban J connectivity index is 1.73. The molecular weight excluding hydrogens is 328 g/mol. The third-order valence-corrected chi connectivity index (χ3v) is 4.23. The number of rotatable bonds is 8. The first-order valence-electron chi connectivity index (χ1n) is 8.88. The van der Waals surface area contributed by atoms with Crippen molar-refractivity contribution in [1.82, 2.24) is 15.2 Å². The Labute approximate surface area is 154 Å². The Kier molecular flexibility index (Phi) is 7.74. The van der Waals surface area contributed by atoms with Crippen molar-refractivity contribution in [3.8, 4) is 5.75 Å². The molecule has 0 amide bonds. The summed E-state index contributed by atoms with van der Waals surface area (Å²) < 4.78 is 7.17. The zero-order valence-corrected chi connectivity index (χ0v) is 15.8. The van der Waals surface area contributed by atoms with Crippen molar-refractivity contribution in [3.05, 3.63) is 64.1 Å². The number of pyridine rings is 1.